The minimum Gasteiger partial charge on any atom is -0.376 e. The normalized spacial score (nSPS) is 18.4. The third-order valence-electron chi connectivity index (χ3n) is 3.75. The van der Waals surface area contributed by atoms with E-state index in [1.165, 1.54) is 16.8 Å². The number of nitrogens with zero attached hydrogens (tertiary/aromatic N) is 2. The molecule has 1 saturated heterocycles. The molecule has 0 radical (unpaired) electrons. The minimum absolute atomic E-state index is 0.0166. The van der Waals surface area contributed by atoms with Crippen LogP contribution in [0.2, 0.25) is 0 Å². The van der Waals surface area contributed by atoms with Crippen molar-refractivity contribution in [2.45, 2.75) is 45.3 Å². The van der Waals surface area contributed by atoms with Crippen molar-refractivity contribution in [3.63, 3.8) is 0 Å². The number of H-pyrrole nitrogens is 1. The molecule has 0 aliphatic carbocycles. The topological polar surface area (TPSA) is 84.4 Å². The van der Waals surface area contributed by atoms with Gasteiger partial charge < -0.3 is 14.2 Å². The molecule has 1 fully saturated rings. The van der Waals surface area contributed by atoms with Gasteiger partial charge in [-0.2, -0.15) is 0 Å². The third-order valence-corrected chi connectivity index (χ3v) is 3.75. The Labute approximate surface area is 128 Å². The molecule has 122 valence electrons. The number of hydrogen-bond donors (Lipinski definition) is 1. The second-order valence-corrected chi connectivity index (χ2v) is 5.53. The molecule has 1 aliphatic rings. The number of amides is 1. The zero-order valence-corrected chi connectivity index (χ0v) is 12.9. The lowest BCUT2D eigenvalue weighted by Gasteiger charge is -2.32. The summed E-state index contributed by atoms with van der Waals surface area (Å²) in [5.74, 6) is 0.0166. The predicted octanol–water partition coefficient (Wildman–Crippen LogP) is 0.344. The molecule has 22 heavy (non-hydrogen) atoms. The molecule has 1 atom stereocenters. The average molecular weight is 309 g/mol. The van der Waals surface area contributed by atoms with Crippen LogP contribution in [0.15, 0.2) is 21.9 Å². The Balaban J connectivity index is 1.86. The zero-order chi connectivity index (χ0) is 15.9. The molecule has 1 aromatic heterocycles. The molecule has 2 rings (SSSR count). The van der Waals surface area contributed by atoms with Crippen LogP contribution in [-0.2, 0) is 16.1 Å². The molecule has 1 aromatic rings. The number of carbonyl (C=O) groups is 1. The predicted molar refractivity (Wildman–Crippen MR) is 81.8 cm³/mol. The van der Waals surface area contributed by atoms with Gasteiger partial charge in [-0.25, -0.2) is 4.79 Å². The highest BCUT2D eigenvalue weighted by molar-refractivity contribution is 5.76. The van der Waals surface area contributed by atoms with Gasteiger partial charge in [-0.1, -0.05) is 6.92 Å². The van der Waals surface area contributed by atoms with E-state index in [4.69, 9.17) is 4.74 Å². The molecule has 0 aromatic carbocycles. The van der Waals surface area contributed by atoms with E-state index in [1.54, 1.807) is 4.90 Å². The number of rotatable bonds is 6. The summed E-state index contributed by atoms with van der Waals surface area (Å²) in [6, 6.07) is 1.28. The first kappa shape index (κ1) is 16.5. The van der Waals surface area contributed by atoms with Crippen molar-refractivity contribution in [1.82, 2.24) is 14.5 Å². The molecule has 1 aliphatic heterocycles. The van der Waals surface area contributed by atoms with Gasteiger partial charge in [-0.05, 0) is 19.3 Å². The van der Waals surface area contributed by atoms with E-state index in [9.17, 15) is 14.4 Å². The van der Waals surface area contributed by atoms with Gasteiger partial charge >= 0.3 is 5.69 Å². The Morgan fingerprint density at radius 1 is 1.45 bits per heavy atom. The maximum atomic E-state index is 12.3. The number of hydrogen-bond acceptors (Lipinski definition) is 4. The third kappa shape index (κ3) is 4.56. The molecule has 0 saturated carbocycles. The van der Waals surface area contributed by atoms with Gasteiger partial charge in [0.15, 0.2) is 0 Å². The van der Waals surface area contributed by atoms with Crippen molar-refractivity contribution in [3.05, 3.63) is 33.1 Å². The largest absolute Gasteiger partial charge is 0.376 e. The van der Waals surface area contributed by atoms with Crippen molar-refractivity contribution in [1.29, 1.82) is 0 Å². The second kappa shape index (κ2) is 7.93. The Hall–Kier alpha value is -1.89. The van der Waals surface area contributed by atoms with Crippen LogP contribution in [0.3, 0.4) is 0 Å². The summed E-state index contributed by atoms with van der Waals surface area (Å²) in [6.07, 6.45) is 4.68. The summed E-state index contributed by atoms with van der Waals surface area (Å²) in [7, 11) is 0. The highest BCUT2D eigenvalue weighted by Gasteiger charge is 2.23. The van der Waals surface area contributed by atoms with Gasteiger partial charge in [0.05, 0.1) is 6.10 Å². The maximum Gasteiger partial charge on any atom is 0.328 e. The fourth-order valence-corrected chi connectivity index (χ4v) is 2.58. The van der Waals surface area contributed by atoms with Crippen LogP contribution in [0, 0.1) is 0 Å². The molecule has 1 unspecified atom stereocenters. The number of likely N-dealkylation sites (tertiary alicyclic amines) is 1. The van der Waals surface area contributed by atoms with Crippen LogP contribution in [-0.4, -0.2) is 46.2 Å². The van der Waals surface area contributed by atoms with Crippen molar-refractivity contribution in [2.24, 2.45) is 0 Å². The number of nitrogens with one attached hydrogen (secondary N) is 1. The summed E-state index contributed by atoms with van der Waals surface area (Å²) in [4.78, 5) is 38.8. The van der Waals surface area contributed by atoms with E-state index in [1.807, 2.05) is 0 Å². The first-order valence-electron chi connectivity index (χ1n) is 7.79. The van der Waals surface area contributed by atoms with Crippen molar-refractivity contribution in [2.75, 3.05) is 19.7 Å². The van der Waals surface area contributed by atoms with Crippen molar-refractivity contribution >= 4 is 5.91 Å². The summed E-state index contributed by atoms with van der Waals surface area (Å²) < 4.78 is 7.06. The summed E-state index contributed by atoms with van der Waals surface area (Å²) in [5, 5.41) is 0. The van der Waals surface area contributed by atoms with Crippen molar-refractivity contribution in [3.8, 4) is 0 Å². The highest BCUT2D eigenvalue weighted by atomic mass is 16.5. The molecule has 7 heteroatoms. The number of aromatic nitrogens is 2. The first-order valence-corrected chi connectivity index (χ1v) is 7.79. The van der Waals surface area contributed by atoms with Crippen molar-refractivity contribution < 1.29 is 9.53 Å². The summed E-state index contributed by atoms with van der Waals surface area (Å²) in [6.45, 7) is 4.42. The Morgan fingerprint density at radius 3 is 3.00 bits per heavy atom. The summed E-state index contributed by atoms with van der Waals surface area (Å²) >= 11 is 0. The second-order valence-electron chi connectivity index (χ2n) is 5.53. The van der Waals surface area contributed by atoms with Crippen LogP contribution >= 0.6 is 0 Å². The van der Waals surface area contributed by atoms with Gasteiger partial charge in [0.25, 0.3) is 5.56 Å². The quantitative estimate of drug-likeness (QED) is 0.821. The fraction of sp³-hybridized carbons (Fsp3) is 0.667. The van der Waals surface area contributed by atoms with Crippen LogP contribution in [0.4, 0.5) is 0 Å². The van der Waals surface area contributed by atoms with Gasteiger partial charge in [-0.15, -0.1) is 0 Å². The number of piperidine rings is 1. The molecular weight excluding hydrogens is 286 g/mol. The molecular formula is C15H23N3O4. The van der Waals surface area contributed by atoms with Gasteiger partial charge in [0, 0.05) is 44.9 Å². The van der Waals surface area contributed by atoms with E-state index in [2.05, 4.69) is 11.9 Å². The van der Waals surface area contributed by atoms with Gasteiger partial charge in [0.1, 0.15) is 0 Å². The van der Waals surface area contributed by atoms with Crippen LogP contribution in [0.1, 0.15) is 32.6 Å². The van der Waals surface area contributed by atoms with E-state index in [-0.39, 0.29) is 25.0 Å². The number of ether oxygens (including phenoxy) is 1. The number of aromatic amines is 1. The smallest absolute Gasteiger partial charge is 0.328 e. The lowest BCUT2D eigenvalue weighted by molar-refractivity contribution is -0.135. The van der Waals surface area contributed by atoms with Crippen LogP contribution < -0.4 is 11.2 Å². The Morgan fingerprint density at radius 2 is 2.27 bits per heavy atom. The van der Waals surface area contributed by atoms with Gasteiger partial charge in [-0.3, -0.25) is 14.6 Å². The Bertz CT molecular complexity index is 607. The van der Waals surface area contributed by atoms with E-state index < -0.39 is 11.2 Å². The van der Waals surface area contributed by atoms with Crippen LogP contribution in [0.5, 0.6) is 0 Å². The fourth-order valence-electron chi connectivity index (χ4n) is 2.58. The Kier molecular flexibility index (Phi) is 5.94. The monoisotopic (exact) mass is 309 g/mol. The molecule has 2 heterocycles. The van der Waals surface area contributed by atoms with E-state index >= 15 is 0 Å². The lowest BCUT2D eigenvalue weighted by atomic mass is 10.1. The van der Waals surface area contributed by atoms with E-state index in [0.29, 0.717) is 6.54 Å². The average Bonchev–Trinajstić information content (AvgIpc) is 2.52. The molecule has 7 nitrogen and oxygen atoms in total. The van der Waals surface area contributed by atoms with Crippen LogP contribution in [0.25, 0.3) is 0 Å². The van der Waals surface area contributed by atoms with E-state index in [0.717, 1.165) is 32.4 Å². The molecule has 0 bridgehead atoms. The molecule has 1 N–H and O–H groups in total. The first-order chi connectivity index (χ1) is 10.6. The zero-order valence-electron chi connectivity index (χ0n) is 12.9. The highest BCUT2D eigenvalue weighted by Crippen LogP contribution is 2.14. The minimum atomic E-state index is -0.483. The number of aryl methyl sites for hydroxylation is 1. The van der Waals surface area contributed by atoms with Gasteiger partial charge in [0.2, 0.25) is 5.91 Å². The maximum absolute atomic E-state index is 12.3. The number of carbonyl (C=O) groups excluding carboxylic acids is 1. The lowest BCUT2D eigenvalue weighted by Crippen LogP contribution is -2.43. The summed E-state index contributed by atoms with van der Waals surface area (Å²) in [5.41, 5.74) is -0.914. The molecule has 0 spiro atoms. The molecule has 1 amide bonds. The standard InChI is InChI=1S/C15H23N3O4/c1-2-10-22-12-4-3-7-18(11-12)14(20)6-9-17-8-5-13(19)16-15(17)21/h5,8,12H,2-4,6-7,9-11H2,1H3,(H,16,19,21). The SMILES string of the molecule is CCCOC1CCCN(C(=O)CCn2ccc(=O)[nH]c2=O)C1.